The Morgan fingerprint density at radius 3 is 2.86 bits per heavy atom. The molecule has 3 heteroatoms. The van der Waals surface area contributed by atoms with Gasteiger partial charge in [0.2, 0.25) is 0 Å². The van der Waals surface area contributed by atoms with Gasteiger partial charge in [-0.2, -0.15) is 0 Å². The summed E-state index contributed by atoms with van der Waals surface area (Å²) < 4.78 is 0.933. The molecule has 76 valence electrons. The molecule has 0 aliphatic heterocycles. The first-order valence-electron chi connectivity index (χ1n) is 4.88. The van der Waals surface area contributed by atoms with E-state index in [9.17, 15) is 0 Å². The molecule has 0 amide bonds. The lowest BCUT2D eigenvalue weighted by molar-refractivity contribution is 0.597. The molecule has 14 heavy (non-hydrogen) atoms. The summed E-state index contributed by atoms with van der Waals surface area (Å²) >= 11 is 9.57. The number of halogens is 2. The molecule has 1 saturated carbocycles. The van der Waals surface area contributed by atoms with E-state index < -0.39 is 0 Å². The van der Waals surface area contributed by atoms with Crippen LogP contribution in [-0.2, 0) is 0 Å². The lowest BCUT2D eigenvalue weighted by atomic mass is 10.0. The summed E-state index contributed by atoms with van der Waals surface area (Å²) in [5.74, 6) is 0.833. The first kappa shape index (κ1) is 10.5. The Bertz CT molecular complexity index is 336. The van der Waals surface area contributed by atoms with E-state index in [2.05, 4.69) is 15.9 Å². The second kappa shape index (κ2) is 4.21. The minimum Gasteiger partial charge on any atom is -0.324 e. The number of hydrogen-bond acceptors (Lipinski definition) is 1. The maximum atomic E-state index is 6.17. The Hall–Kier alpha value is -0.0500. The quantitative estimate of drug-likeness (QED) is 0.889. The van der Waals surface area contributed by atoms with E-state index in [1.807, 2.05) is 18.2 Å². The highest BCUT2D eigenvalue weighted by Crippen LogP contribution is 2.39. The van der Waals surface area contributed by atoms with Gasteiger partial charge in [-0.05, 0) is 39.9 Å². The molecule has 0 spiro atoms. The van der Waals surface area contributed by atoms with E-state index in [4.69, 9.17) is 17.3 Å². The highest BCUT2D eigenvalue weighted by atomic mass is 79.9. The van der Waals surface area contributed by atoms with Crippen molar-refractivity contribution in [1.29, 1.82) is 0 Å². The van der Waals surface area contributed by atoms with Gasteiger partial charge < -0.3 is 5.73 Å². The fraction of sp³-hybridized carbons (Fsp3) is 0.455. The third-order valence-electron chi connectivity index (χ3n) is 2.67. The molecule has 1 unspecified atom stereocenters. The van der Waals surface area contributed by atoms with Crippen LogP contribution in [0.3, 0.4) is 0 Å². The second-order valence-electron chi connectivity index (χ2n) is 3.93. The molecular formula is C11H13BrClN. The second-order valence-corrected chi connectivity index (χ2v) is 5.16. The van der Waals surface area contributed by atoms with Gasteiger partial charge in [-0.3, -0.25) is 0 Å². The van der Waals surface area contributed by atoms with E-state index >= 15 is 0 Å². The monoisotopic (exact) mass is 273 g/mol. The highest BCUT2D eigenvalue weighted by Gasteiger charge is 2.25. The van der Waals surface area contributed by atoms with E-state index in [1.165, 1.54) is 12.8 Å². The fourth-order valence-electron chi connectivity index (χ4n) is 1.65. The lowest BCUT2D eigenvalue weighted by Gasteiger charge is -2.13. The first-order valence-corrected chi connectivity index (χ1v) is 6.05. The predicted molar refractivity (Wildman–Crippen MR) is 63.4 cm³/mol. The van der Waals surface area contributed by atoms with Gasteiger partial charge in [0, 0.05) is 10.5 Å². The minimum atomic E-state index is 0.0903. The zero-order chi connectivity index (χ0) is 10.1. The van der Waals surface area contributed by atoms with Crippen molar-refractivity contribution in [2.24, 2.45) is 11.7 Å². The van der Waals surface area contributed by atoms with Crippen LogP contribution in [0.1, 0.15) is 30.9 Å². The molecule has 1 aliphatic rings. The molecule has 1 fully saturated rings. The summed E-state index contributed by atoms with van der Waals surface area (Å²) in [5.41, 5.74) is 7.16. The van der Waals surface area contributed by atoms with Gasteiger partial charge >= 0.3 is 0 Å². The summed E-state index contributed by atoms with van der Waals surface area (Å²) in [7, 11) is 0. The fourth-order valence-corrected chi connectivity index (χ4v) is 2.29. The van der Waals surface area contributed by atoms with Gasteiger partial charge in [0.1, 0.15) is 0 Å². The molecule has 2 N–H and O–H groups in total. The van der Waals surface area contributed by atoms with Gasteiger partial charge in [-0.25, -0.2) is 0 Å². The van der Waals surface area contributed by atoms with Crippen LogP contribution in [0.4, 0.5) is 0 Å². The number of nitrogens with two attached hydrogens (primary N) is 1. The molecule has 0 saturated heterocycles. The molecule has 1 aromatic rings. The van der Waals surface area contributed by atoms with Gasteiger partial charge in [0.15, 0.2) is 0 Å². The topological polar surface area (TPSA) is 26.0 Å². The van der Waals surface area contributed by atoms with Crippen molar-refractivity contribution in [3.63, 3.8) is 0 Å². The molecule has 0 heterocycles. The van der Waals surface area contributed by atoms with Crippen LogP contribution in [0, 0.1) is 5.92 Å². The Morgan fingerprint density at radius 1 is 1.50 bits per heavy atom. The Kier molecular flexibility index (Phi) is 3.15. The van der Waals surface area contributed by atoms with Crippen LogP contribution in [0.25, 0.3) is 0 Å². The summed E-state index contributed by atoms with van der Waals surface area (Å²) in [6.45, 7) is 0. The summed E-state index contributed by atoms with van der Waals surface area (Å²) in [6.07, 6.45) is 3.73. The smallest absolute Gasteiger partial charge is 0.0595 e. The average molecular weight is 275 g/mol. The average Bonchev–Trinajstić information content (AvgIpc) is 2.93. The van der Waals surface area contributed by atoms with Crippen LogP contribution in [0.5, 0.6) is 0 Å². The Balaban J connectivity index is 2.16. The molecule has 0 radical (unpaired) electrons. The Morgan fingerprint density at radius 2 is 2.21 bits per heavy atom. The van der Waals surface area contributed by atoms with Crippen LogP contribution in [-0.4, -0.2) is 0 Å². The lowest BCUT2D eigenvalue weighted by Crippen LogP contribution is -2.11. The maximum absolute atomic E-state index is 6.17. The number of hydrogen-bond donors (Lipinski definition) is 1. The van der Waals surface area contributed by atoms with Crippen LogP contribution in [0.15, 0.2) is 22.7 Å². The molecule has 1 aliphatic carbocycles. The van der Waals surface area contributed by atoms with Crippen molar-refractivity contribution in [1.82, 2.24) is 0 Å². The van der Waals surface area contributed by atoms with Gasteiger partial charge in [0.25, 0.3) is 0 Å². The zero-order valence-electron chi connectivity index (χ0n) is 7.84. The normalized spacial score (nSPS) is 18.2. The third-order valence-corrected chi connectivity index (χ3v) is 3.98. The number of benzene rings is 1. The van der Waals surface area contributed by atoms with Gasteiger partial charge in [-0.15, -0.1) is 0 Å². The zero-order valence-corrected chi connectivity index (χ0v) is 10.2. The van der Waals surface area contributed by atoms with Crippen molar-refractivity contribution < 1.29 is 0 Å². The molecule has 1 aromatic carbocycles. The van der Waals surface area contributed by atoms with Crippen LogP contribution < -0.4 is 5.73 Å². The van der Waals surface area contributed by atoms with E-state index in [0.29, 0.717) is 0 Å². The number of rotatable bonds is 3. The molecular weight excluding hydrogens is 261 g/mol. The largest absolute Gasteiger partial charge is 0.324 e. The Labute approximate surface area is 97.8 Å². The van der Waals surface area contributed by atoms with Gasteiger partial charge in [0.05, 0.1) is 5.02 Å². The van der Waals surface area contributed by atoms with Crippen molar-refractivity contribution >= 4 is 27.5 Å². The van der Waals surface area contributed by atoms with Crippen molar-refractivity contribution in [2.75, 3.05) is 0 Å². The standard InChI is InChI=1S/C11H13BrClN/c12-9-3-1-2-8(11(9)13)10(14)6-7-4-5-7/h1-3,7,10H,4-6,14H2. The molecule has 1 atom stereocenters. The molecule has 2 rings (SSSR count). The van der Waals surface area contributed by atoms with Crippen molar-refractivity contribution in [3.05, 3.63) is 33.3 Å². The van der Waals surface area contributed by atoms with Crippen LogP contribution in [0.2, 0.25) is 5.02 Å². The van der Waals surface area contributed by atoms with E-state index in [-0.39, 0.29) is 6.04 Å². The minimum absolute atomic E-state index is 0.0903. The third kappa shape index (κ3) is 2.30. The SMILES string of the molecule is NC(CC1CC1)c1cccc(Br)c1Cl. The van der Waals surface area contributed by atoms with Crippen LogP contribution >= 0.6 is 27.5 Å². The van der Waals surface area contributed by atoms with Gasteiger partial charge in [-0.1, -0.05) is 36.6 Å². The summed E-state index contributed by atoms with van der Waals surface area (Å²) in [5, 5.41) is 0.764. The summed E-state index contributed by atoms with van der Waals surface area (Å²) in [6, 6.07) is 6.03. The van der Waals surface area contributed by atoms with E-state index in [0.717, 1.165) is 27.4 Å². The predicted octanol–water partition coefficient (Wildman–Crippen LogP) is 3.90. The molecule has 0 aromatic heterocycles. The highest BCUT2D eigenvalue weighted by molar-refractivity contribution is 9.10. The van der Waals surface area contributed by atoms with E-state index in [1.54, 1.807) is 0 Å². The van der Waals surface area contributed by atoms with Crippen molar-refractivity contribution in [3.8, 4) is 0 Å². The first-order chi connectivity index (χ1) is 6.68. The molecule has 1 nitrogen and oxygen atoms in total. The van der Waals surface area contributed by atoms with Crippen molar-refractivity contribution in [2.45, 2.75) is 25.3 Å². The molecule has 0 bridgehead atoms. The summed E-state index contributed by atoms with van der Waals surface area (Å²) in [4.78, 5) is 0. The maximum Gasteiger partial charge on any atom is 0.0595 e.